The molecule has 102 valence electrons. The fraction of sp³-hybridized carbons (Fsp3) is 0.750. The van der Waals surface area contributed by atoms with Crippen molar-refractivity contribution in [1.29, 1.82) is 0 Å². The Morgan fingerprint density at radius 2 is 2.00 bits per heavy atom. The summed E-state index contributed by atoms with van der Waals surface area (Å²) in [7, 11) is 5.54. The zero-order chi connectivity index (χ0) is 13.7. The first-order valence-electron chi connectivity index (χ1n) is 6.11. The molecule has 0 unspecified atom stereocenters. The molecule has 0 bridgehead atoms. The molecule has 1 rings (SSSR count). The second-order valence-corrected chi connectivity index (χ2v) is 5.01. The smallest absolute Gasteiger partial charge is 0.236 e. The van der Waals surface area contributed by atoms with Crippen LogP contribution >= 0.6 is 0 Å². The second kappa shape index (κ2) is 6.49. The van der Waals surface area contributed by atoms with Gasteiger partial charge in [0.2, 0.25) is 11.8 Å². The Morgan fingerprint density at radius 1 is 1.33 bits per heavy atom. The van der Waals surface area contributed by atoms with Gasteiger partial charge in [-0.15, -0.1) is 0 Å². The summed E-state index contributed by atoms with van der Waals surface area (Å²) in [5, 5.41) is 3.90. The summed E-state index contributed by atoms with van der Waals surface area (Å²) < 4.78 is 5.11. The van der Waals surface area contributed by atoms with Gasteiger partial charge in [0, 0.05) is 25.9 Å². The van der Waals surface area contributed by atoms with Crippen molar-refractivity contribution >= 4 is 5.91 Å². The van der Waals surface area contributed by atoms with E-state index in [4.69, 9.17) is 4.52 Å². The summed E-state index contributed by atoms with van der Waals surface area (Å²) in [6, 6.07) is 0. The first-order valence-corrected chi connectivity index (χ1v) is 6.11. The normalized spacial score (nSPS) is 11.3. The molecule has 0 aliphatic heterocycles. The number of hydrogen-bond acceptors (Lipinski definition) is 5. The number of carbonyl (C=O) groups is 1. The molecule has 0 fully saturated rings. The highest BCUT2D eigenvalue weighted by molar-refractivity contribution is 5.77. The highest BCUT2D eigenvalue weighted by Gasteiger charge is 2.13. The largest absolute Gasteiger partial charge is 0.344 e. The zero-order valence-corrected chi connectivity index (χ0v) is 11.8. The van der Waals surface area contributed by atoms with Crippen LogP contribution < -0.4 is 0 Å². The number of rotatable bonds is 6. The lowest BCUT2D eigenvalue weighted by Gasteiger charge is -2.18. The summed E-state index contributed by atoms with van der Waals surface area (Å²) in [5.41, 5.74) is 0. The van der Waals surface area contributed by atoms with E-state index in [1.165, 1.54) is 0 Å². The van der Waals surface area contributed by atoms with Crippen molar-refractivity contribution in [3.05, 3.63) is 11.7 Å². The van der Waals surface area contributed by atoms with Crippen LogP contribution in [0.1, 0.15) is 31.5 Å². The van der Waals surface area contributed by atoms with Crippen LogP contribution in [0, 0.1) is 0 Å². The van der Waals surface area contributed by atoms with Crippen LogP contribution in [0.3, 0.4) is 0 Å². The van der Waals surface area contributed by atoms with Crippen LogP contribution in [0.4, 0.5) is 0 Å². The molecule has 1 heterocycles. The van der Waals surface area contributed by atoms with Crippen LogP contribution in [0.5, 0.6) is 0 Å². The minimum Gasteiger partial charge on any atom is -0.344 e. The lowest BCUT2D eigenvalue weighted by Crippen LogP contribution is -2.36. The third-order valence-electron chi connectivity index (χ3n) is 2.53. The van der Waals surface area contributed by atoms with Gasteiger partial charge in [-0.1, -0.05) is 19.0 Å². The van der Waals surface area contributed by atoms with E-state index < -0.39 is 0 Å². The third kappa shape index (κ3) is 4.44. The molecule has 6 heteroatoms. The topological polar surface area (TPSA) is 62.5 Å². The molecule has 0 saturated heterocycles. The van der Waals surface area contributed by atoms with Gasteiger partial charge in [-0.2, -0.15) is 4.98 Å². The van der Waals surface area contributed by atoms with Gasteiger partial charge in [-0.05, 0) is 14.1 Å². The van der Waals surface area contributed by atoms with Crippen LogP contribution in [0.25, 0.3) is 0 Å². The van der Waals surface area contributed by atoms with E-state index in [9.17, 15) is 4.79 Å². The maximum atomic E-state index is 11.7. The molecule has 0 N–H and O–H groups in total. The summed E-state index contributed by atoms with van der Waals surface area (Å²) in [6.07, 6.45) is 0.617. The van der Waals surface area contributed by atoms with Crippen LogP contribution in [-0.2, 0) is 11.2 Å². The van der Waals surface area contributed by atoms with Gasteiger partial charge < -0.3 is 14.3 Å². The average molecular weight is 254 g/mol. The maximum absolute atomic E-state index is 11.7. The average Bonchev–Trinajstić information content (AvgIpc) is 2.73. The molecule has 1 amide bonds. The Kier molecular flexibility index (Phi) is 5.27. The molecule has 0 aromatic carbocycles. The number of likely N-dealkylation sites (N-methyl/N-ethyl adjacent to an activating group) is 2. The number of hydrogen-bond donors (Lipinski definition) is 0. The molecule has 0 radical (unpaired) electrons. The van der Waals surface area contributed by atoms with E-state index in [0.717, 1.165) is 0 Å². The summed E-state index contributed by atoms with van der Waals surface area (Å²) in [6.45, 7) is 5.03. The van der Waals surface area contributed by atoms with E-state index >= 15 is 0 Å². The van der Waals surface area contributed by atoms with Crippen molar-refractivity contribution < 1.29 is 9.32 Å². The molecule has 0 spiro atoms. The highest BCUT2D eigenvalue weighted by Crippen LogP contribution is 2.11. The van der Waals surface area contributed by atoms with Gasteiger partial charge in [-0.25, -0.2) is 0 Å². The van der Waals surface area contributed by atoms with Crippen LogP contribution in [0.2, 0.25) is 0 Å². The SMILES string of the molecule is CC(C)c1nc(CCN(C)C(=O)CN(C)C)no1. The predicted octanol–water partition coefficient (Wildman–Crippen LogP) is 0.756. The Balaban J connectivity index is 2.42. The summed E-state index contributed by atoms with van der Waals surface area (Å²) in [4.78, 5) is 19.5. The van der Waals surface area contributed by atoms with Gasteiger partial charge in [0.05, 0.1) is 6.54 Å². The molecule has 1 aromatic rings. The predicted molar refractivity (Wildman–Crippen MR) is 68.3 cm³/mol. The van der Waals surface area contributed by atoms with E-state index in [0.29, 0.717) is 31.2 Å². The quantitative estimate of drug-likeness (QED) is 0.750. The van der Waals surface area contributed by atoms with E-state index in [2.05, 4.69) is 10.1 Å². The summed E-state index contributed by atoms with van der Waals surface area (Å²) in [5.74, 6) is 1.63. The van der Waals surface area contributed by atoms with E-state index in [1.807, 2.05) is 32.8 Å². The van der Waals surface area contributed by atoms with Gasteiger partial charge in [0.25, 0.3) is 0 Å². The standard InChI is InChI=1S/C12H22N4O2/c1-9(2)12-13-10(14-18-12)6-7-16(5)11(17)8-15(3)4/h9H,6-8H2,1-5H3. The molecule has 0 saturated carbocycles. The third-order valence-corrected chi connectivity index (χ3v) is 2.53. The lowest BCUT2D eigenvalue weighted by molar-refractivity contribution is -0.130. The van der Waals surface area contributed by atoms with Gasteiger partial charge >= 0.3 is 0 Å². The molecule has 18 heavy (non-hydrogen) atoms. The van der Waals surface area contributed by atoms with Gasteiger partial charge in [-0.3, -0.25) is 4.79 Å². The molecular formula is C12H22N4O2. The fourth-order valence-electron chi connectivity index (χ4n) is 1.39. The minimum absolute atomic E-state index is 0.0903. The van der Waals surface area contributed by atoms with Crippen LogP contribution in [-0.4, -0.2) is 60.1 Å². The Hall–Kier alpha value is -1.43. The lowest BCUT2D eigenvalue weighted by atomic mass is 10.2. The number of aromatic nitrogens is 2. The molecule has 0 atom stereocenters. The van der Waals surface area contributed by atoms with Crippen molar-refractivity contribution in [3.63, 3.8) is 0 Å². The van der Waals surface area contributed by atoms with Crippen molar-refractivity contribution in [2.75, 3.05) is 34.2 Å². The summed E-state index contributed by atoms with van der Waals surface area (Å²) >= 11 is 0. The number of carbonyl (C=O) groups excluding carboxylic acids is 1. The monoisotopic (exact) mass is 254 g/mol. The zero-order valence-electron chi connectivity index (χ0n) is 11.8. The second-order valence-electron chi connectivity index (χ2n) is 5.01. The van der Waals surface area contributed by atoms with Crippen molar-refractivity contribution in [2.45, 2.75) is 26.2 Å². The highest BCUT2D eigenvalue weighted by atomic mass is 16.5. The molecule has 1 aromatic heterocycles. The minimum atomic E-state index is 0.0903. The Bertz CT molecular complexity index is 387. The van der Waals surface area contributed by atoms with Crippen molar-refractivity contribution in [2.24, 2.45) is 0 Å². The first-order chi connectivity index (χ1) is 8.40. The first kappa shape index (κ1) is 14.6. The molecular weight excluding hydrogens is 232 g/mol. The van der Waals surface area contributed by atoms with Crippen molar-refractivity contribution in [3.8, 4) is 0 Å². The van der Waals surface area contributed by atoms with Gasteiger partial charge in [0.1, 0.15) is 0 Å². The molecule has 0 aliphatic rings. The fourth-order valence-corrected chi connectivity index (χ4v) is 1.39. The van der Waals surface area contributed by atoms with Crippen molar-refractivity contribution in [1.82, 2.24) is 19.9 Å². The Labute approximate surface area is 108 Å². The van der Waals surface area contributed by atoms with E-state index in [1.54, 1.807) is 11.9 Å². The molecule has 0 aliphatic carbocycles. The Morgan fingerprint density at radius 3 is 2.50 bits per heavy atom. The number of nitrogens with zero attached hydrogens (tertiary/aromatic N) is 4. The maximum Gasteiger partial charge on any atom is 0.236 e. The van der Waals surface area contributed by atoms with Crippen LogP contribution in [0.15, 0.2) is 4.52 Å². The van der Waals surface area contributed by atoms with E-state index in [-0.39, 0.29) is 11.8 Å². The number of amides is 1. The molecule has 6 nitrogen and oxygen atoms in total. The van der Waals surface area contributed by atoms with Gasteiger partial charge in [0.15, 0.2) is 5.82 Å².